The summed E-state index contributed by atoms with van der Waals surface area (Å²) in [4.78, 5) is 25.1. The second-order valence-electron chi connectivity index (χ2n) is 8.21. The summed E-state index contributed by atoms with van der Waals surface area (Å²) in [6.45, 7) is 9.62. The van der Waals surface area contributed by atoms with E-state index in [1.807, 2.05) is 64.1 Å². The largest absolute Gasteiger partial charge is 0.507 e. The lowest BCUT2D eigenvalue weighted by molar-refractivity contribution is -0.125. The Morgan fingerprint density at radius 1 is 1.00 bits per heavy atom. The van der Waals surface area contributed by atoms with Gasteiger partial charge in [-0.3, -0.25) is 4.79 Å². The minimum absolute atomic E-state index is 0.0548. The van der Waals surface area contributed by atoms with Crippen LogP contribution in [0, 0.1) is 0 Å². The second-order valence-corrected chi connectivity index (χ2v) is 8.21. The molecule has 0 aliphatic rings. The van der Waals surface area contributed by atoms with Gasteiger partial charge in [0.2, 0.25) is 0 Å². The highest BCUT2D eigenvalue weighted by atomic mass is 16.5. The SMILES string of the molecule is CCC[C@@H](NC(=O)COC(=O)c1cc(C(C)C)cc(C(C)C)c1O)c1ccccc1. The molecule has 2 aromatic carbocycles. The van der Waals surface area contributed by atoms with Crippen molar-refractivity contribution >= 4 is 11.9 Å². The number of amides is 1. The lowest BCUT2D eigenvalue weighted by atomic mass is 9.92. The minimum atomic E-state index is -0.696. The summed E-state index contributed by atoms with van der Waals surface area (Å²) < 4.78 is 5.24. The number of nitrogens with one attached hydrogen (secondary N) is 1. The van der Waals surface area contributed by atoms with Crippen molar-refractivity contribution in [3.05, 3.63) is 64.7 Å². The van der Waals surface area contributed by atoms with Gasteiger partial charge in [0.05, 0.1) is 6.04 Å². The summed E-state index contributed by atoms with van der Waals surface area (Å²) in [6, 6.07) is 13.2. The van der Waals surface area contributed by atoms with Crippen LogP contribution in [-0.4, -0.2) is 23.6 Å². The molecule has 0 aliphatic heterocycles. The van der Waals surface area contributed by atoms with Crippen molar-refractivity contribution in [2.45, 2.75) is 65.3 Å². The molecule has 0 aromatic heterocycles. The Labute approximate surface area is 179 Å². The van der Waals surface area contributed by atoms with Gasteiger partial charge in [-0.2, -0.15) is 0 Å². The third kappa shape index (κ3) is 6.09. The van der Waals surface area contributed by atoms with E-state index in [-0.39, 0.29) is 35.1 Å². The molecule has 0 saturated heterocycles. The Hall–Kier alpha value is -2.82. The maximum Gasteiger partial charge on any atom is 0.342 e. The molecule has 0 saturated carbocycles. The molecule has 0 heterocycles. The maximum absolute atomic E-state index is 12.6. The summed E-state index contributed by atoms with van der Waals surface area (Å²) >= 11 is 0. The van der Waals surface area contributed by atoms with Crippen LogP contribution in [-0.2, 0) is 9.53 Å². The number of carbonyl (C=O) groups is 2. The third-order valence-corrected chi connectivity index (χ3v) is 5.12. The molecule has 30 heavy (non-hydrogen) atoms. The lowest BCUT2D eigenvalue weighted by Gasteiger charge is -2.19. The van der Waals surface area contributed by atoms with Gasteiger partial charge in [0.15, 0.2) is 6.61 Å². The van der Waals surface area contributed by atoms with Crippen molar-refractivity contribution in [2.75, 3.05) is 6.61 Å². The topological polar surface area (TPSA) is 75.6 Å². The van der Waals surface area contributed by atoms with Crippen molar-refractivity contribution in [1.29, 1.82) is 0 Å². The monoisotopic (exact) mass is 411 g/mol. The van der Waals surface area contributed by atoms with Crippen molar-refractivity contribution in [3.8, 4) is 5.75 Å². The maximum atomic E-state index is 12.6. The third-order valence-electron chi connectivity index (χ3n) is 5.12. The number of hydrogen-bond acceptors (Lipinski definition) is 4. The highest BCUT2D eigenvalue weighted by Gasteiger charge is 2.22. The van der Waals surface area contributed by atoms with Crippen LogP contribution >= 0.6 is 0 Å². The summed E-state index contributed by atoms with van der Waals surface area (Å²) in [7, 11) is 0. The van der Waals surface area contributed by atoms with Gasteiger partial charge < -0.3 is 15.2 Å². The minimum Gasteiger partial charge on any atom is -0.507 e. The molecule has 2 aromatic rings. The van der Waals surface area contributed by atoms with E-state index < -0.39 is 12.6 Å². The van der Waals surface area contributed by atoms with E-state index in [4.69, 9.17) is 4.74 Å². The Morgan fingerprint density at radius 2 is 1.67 bits per heavy atom. The van der Waals surface area contributed by atoms with E-state index in [9.17, 15) is 14.7 Å². The molecule has 2 rings (SSSR count). The molecule has 0 spiro atoms. The molecule has 0 bridgehead atoms. The van der Waals surface area contributed by atoms with Crippen molar-refractivity contribution in [3.63, 3.8) is 0 Å². The van der Waals surface area contributed by atoms with Crippen molar-refractivity contribution in [1.82, 2.24) is 5.32 Å². The van der Waals surface area contributed by atoms with Gasteiger partial charge in [0.25, 0.3) is 5.91 Å². The van der Waals surface area contributed by atoms with E-state index in [2.05, 4.69) is 12.2 Å². The highest BCUT2D eigenvalue weighted by Crippen LogP contribution is 2.33. The number of esters is 1. The number of carbonyl (C=O) groups excluding carboxylic acids is 2. The standard InChI is InChI=1S/C25H33NO4/c1-6-10-22(18-11-8-7-9-12-18)26-23(27)15-30-25(29)21-14-19(16(2)3)13-20(17(4)5)24(21)28/h7-9,11-14,16-17,22,28H,6,10,15H2,1-5H3,(H,26,27)/t22-/m1/s1. The fraction of sp³-hybridized carbons (Fsp3) is 0.440. The predicted octanol–water partition coefficient (Wildman–Crippen LogP) is 5.45. The van der Waals surface area contributed by atoms with E-state index in [1.54, 1.807) is 6.07 Å². The predicted molar refractivity (Wildman–Crippen MR) is 119 cm³/mol. The molecule has 162 valence electrons. The number of phenols is 1. The zero-order valence-electron chi connectivity index (χ0n) is 18.6. The van der Waals surface area contributed by atoms with E-state index >= 15 is 0 Å². The molecular formula is C25H33NO4. The molecule has 1 atom stereocenters. The van der Waals surface area contributed by atoms with Gasteiger partial charge in [-0.25, -0.2) is 4.79 Å². The number of aromatic hydroxyl groups is 1. The van der Waals surface area contributed by atoms with Gasteiger partial charge in [-0.05, 0) is 41.0 Å². The van der Waals surface area contributed by atoms with Gasteiger partial charge in [-0.1, -0.05) is 77.4 Å². The van der Waals surface area contributed by atoms with Crippen LogP contribution in [0.1, 0.15) is 92.4 Å². The molecule has 5 heteroatoms. The van der Waals surface area contributed by atoms with Crippen molar-refractivity contribution < 1.29 is 19.4 Å². The molecule has 2 N–H and O–H groups in total. The second kappa shape index (κ2) is 10.8. The molecule has 0 aliphatic carbocycles. The lowest BCUT2D eigenvalue weighted by Crippen LogP contribution is -2.32. The van der Waals surface area contributed by atoms with Crippen LogP contribution in [0.3, 0.4) is 0 Å². The Balaban J connectivity index is 2.10. The highest BCUT2D eigenvalue weighted by molar-refractivity contribution is 5.94. The fourth-order valence-electron chi connectivity index (χ4n) is 3.35. The number of ether oxygens (including phenoxy) is 1. The van der Waals surface area contributed by atoms with Crippen LogP contribution in [0.15, 0.2) is 42.5 Å². The summed E-state index contributed by atoms with van der Waals surface area (Å²) in [6.07, 6.45) is 1.70. The Morgan fingerprint density at radius 3 is 2.23 bits per heavy atom. The van der Waals surface area contributed by atoms with Crippen LogP contribution in [0.5, 0.6) is 5.75 Å². The first-order chi connectivity index (χ1) is 14.2. The normalized spacial score (nSPS) is 12.1. The first-order valence-electron chi connectivity index (χ1n) is 10.6. The summed E-state index contributed by atoms with van der Waals surface area (Å²) in [5, 5.41) is 13.5. The summed E-state index contributed by atoms with van der Waals surface area (Å²) in [5.41, 5.74) is 2.76. The van der Waals surface area contributed by atoms with Crippen LogP contribution in [0.4, 0.5) is 0 Å². The smallest absolute Gasteiger partial charge is 0.342 e. The molecule has 0 radical (unpaired) electrons. The number of rotatable bonds is 9. The Bertz CT molecular complexity index is 859. The fourth-order valence-corrected chi connectivity index (χ4v) is 3.35. The number of hydrogen-bond donors (Lipinski definition) is 2. The first kappa shape index (κ1) is 23.5. The number of phenolic OH excluding ortho intramolecular Hbond substituents is 1. The zero-order chi connectivity index (χ0) is 22.3. The average Bonchev–Trinajstić information content (AvgIpc) is 2.72. The van der Waals surface area contributed by atoms with Crippen LogP contribution in [0.25, 0.3) is 0 Å². The number of benzene rings is 2. The van der Waals surface area contributed by atoms with Gasteiger partial charge in [-0.15, -0.1) is 0 Å². The summed E-state index contributed by atoms with van der Waals surface area (Å²) in [5.74, 6) is -0.890. The molecule has 1 amide bonds. The van der Waals surface area contributed by atoms with E-state index in [0.29, 0.717) is 5.56 Å². The van der Waals surface area contributed by atoms with Gasteiger partial charge in [0, 0.05) is 0 Å². The van der Waals surface area contributed by atoms with E-state index in [0.717, 1.165) is 24.0 Å². The molecular weight excluding hydrogens is 378 g/mol. The van der Waals surface area contributed by atoms with E-state index in [1.165, 1.54) is 0 Å². The van der Waals surface area contributed by atoms with Crippen LogP contribution < -0.4 is 5.32 Å². The molecule has 5 nitrogen and oxygen atoms in total. The molecule has 0 fully saturated rings. The van der Waals surface area contributed by atoms with Crippen molar-refractivity contribution in [2.24, 2.45) is 0 Å². The average molecular weight is 412 g/mol. The first-order valence-corrected chi connectivity index (χ1v) is 10.6. The van der Waals surface area contributed by atoms with Crippen LogP contribution in [0.2, 0.25) is 0 Å². The van der Waals surface area contributed by atoms with Gasteiger partial charge >= 0.3 is 5.97 Å². The zero-order valence-corrected chi connectivity index (χ0v) is 18.6. The Kier molecular flexibility index (Phi) is 8.46. The van der Waals surface area contributed by atoms with Gasteiger partial charge in [0.1, 0.15) is 11.3 Å². The quantitative estimate of drug-likeness (QED) is 0.538. The molecule has 0 unspecified atom stereocenters.